The second kappa shape index (κ2) is 13.4. The highest BCUT2D eigenvalue weighted by atomic mass is 28.4. The summed E-state index contributed by atoms with van der Waals surface area (Å²) >= 11 is 0. The lowest BCUT2D eigenvalue weighted by Gasteiger charge is -2.37. The number of fused-ring (bicyclic) bond motifs is 1. The number of carbonyl (C=O) groups excluding carboxylic acids is 2. The fraction of sp³-hybridized carbons (Fsp3) is 0.576. The molecule has 6 atom stereocenters. The molecule has 7 nitrogen and oxygen atoms in total. The van der Waals surface area contributed by atoms with Crippen molar-refractivity contribution in [3.63, 3.8) is 0 Å². The number of aryl methyl sites for hydroxylation is 1. The zero-order valence-corrected chi connectivity index (χ0v) is 26.2. The van der Waals surface area contributed by atoms with Gasteiger partial charge in [0.25, 0.3) is 0 Å². The number of amides is 2. The minimum absolute atomic E-state index is 0.00727. The number of hydrogen-bond acceptors (Lipinski definition) is 5. The van der Waals surface area contributed by atoms with Crippen LogP contribution < -0.4 is 10.6 Å². The SMILES string of the molecule is C[C@@H]1[C@@H]([Si](C)(C)F)[C@H](CC(=O)N2Cc3ccccc3C[C@H]2CO)O[C@@H]1CCc1ccc(NC(=O)C2CCCNC2)cc1. The van der Waals surface area contributed by atoms with Gasteiger partial charge in [-0.15, -0.1) is 0 Å². The summed E-state index contributed by atoms with van der Waals surface area (Å²) in [7, 11) is -3.13. The van der Waals surface area contributed by atoms with Crippen molar-refractivity contribution in [2.45, 2.75) is 88.9 Å². The molecule has 42 heavy (non-hydrogen) atoms. The van der Waals surface area contributed by atoms with Crippen LogP contribution in [-0.2, 0) is 33.7 Å². The molecular weight excluding hydrogens is 549 g/mol. The van der Waals surface area contributed by atoms with Crippen LogP contribution in [0.15, 0.2) is 48.5 Å². The number of benzene rings is 2. The van der Waals surface area contributed by atoms with Crippen LogP contribution in [0, 0.1) is 11.8 Å². The van der Waals surface area contributed by atoms with Gasteiger partial charge in [0.05, 0.1) is 37.2 Å². The number of rotatable bonds is 9. The molecule has 0 aliphatic carbocycles. The van der Waals surface area contributed by atoms with Crippen molar-refractivity contribution in [2.24, 2.45) is 11.8 Å². The number of anilines is 1. The van der Waals surface area contributed by atoms with E-state index in [1.54, 1.807) is 18.0 Å². The van der Waals surface area contributed by atoms with Crippen LogP contribution in [0.1, 0.15) is 49.3 Å². The van der Waals surface area contributed by atoms with Crippen LogP contribution in [0.25, 0.3) is 0 Å². The van der Waals surface area contributed by atoms with Gasteiger partial charge in [-0.3, -0.25) is 9.59 Å². The van der Waals surface area contributed by atoms with Gasteiger partial charge in [-0.1, -0.05) is 43.3 Å². The second-order valence-corrected chi connectivity index (χ2v) is 16.8. The molecule has 3 N–H and O–H groups in total. The van der Waals surface area contributed by atoms with Gasteiger partial charge in [-0.2, -0.15) is 0 Å². The monoisotopic (exact) mass is 595 g/mol. The molecule has 0 saturated carbocycles. The molecule has 2 fully saturated rings. The molecule has 2 aromatic carbocycles. The van der Waals surface area contributed by atoms with E-state index in [1.807, 2.05) is 42.5 Å². The van der Waals surface area contributed by atoms with Gasteiger partial charge < -0.3 is 29.5 Å². The third-order valence-corrected chi connectivity index (χ3v) is 12.0. The Morgan fingerprint density at radius 3 is 2.52 bits per heavy atom. The largest absolute Gasteiger partial charge is 0.394 e. The van der Waals surface area contributed by atoms with E-state index in [1.165, 1.54) is 5.56 Å². The summed E-state index contributed by atoms with van der Waals surface area (Å²) in [5, 5.41) is 16.4. The number of nitrogens with one attached hydrogen (secondary N) is 2. The van der Waals surface area contributed by atoms with Gasteiger partial charge >= 0.3 is 0 Å². The van der Waals surface area contributed by atoms with Crippen LogP contribution in [0.5, 0.6) is 0 Å². The lowest BCUT2D eigenvalue weighted by atomic mass is 9.93. The molecule has 3 aliphatic heterocycles. The Kier molecular flexibility index (Phi) is 9.82. The number of hydrogen-bond donors (Lipinski definition) is 3. The van der Waals surface area contributed by atoms with Gasteiger partial charge in [-0.25, -0.2) is 0 Å². The van der Waals surface area contributed by atoms with Crippen LogP contribution in [0.3, 0.4) is 0 Å². The maximum absolute atomic E-state index is 15.7. The number of ether oxygens (including phenoxy) is 1. The smallest absolute Gasteiger partial charge is 0.246 e. The van der Waals surface area contributed by atoms with Crippen molar-refractivity contribution >= 4 is 25.9 Å². The fourth-order valence-electron chi connectivity index (χ4n) is 7.29. The molecular formula is C33H46FN3O4Si. The zero-order chi connectivity index (χ0) is 29.9. The number of aliphatic hydroxyl groups excluding tert-OH is 1. The van der Waals surface area contributed by atoms with Crippen LogP contribution >= 0.6 is 0 Å². The first kappa shape index (κ1) is 30.9. The molecule has 0 aromatic heterocycles. The van der Waals surface area contributed by atoms with Gasteiger partial charge in [0.2, 0.25) is 20.2 Å². The quantitative estimate of drug-likeness (QED) is 0.285. The Labute approximate surface area is 250 Å². The minimum atomic E-state index is -3.13. The topological polar surface area (TPSA) is 90.9 Å². The van der Waals surface area contributed by atoms with Crippen molar-refractivity contribution in [3.05, 3.63) is 65.2 Å². The van der Waals surface area contributed by atoms with E-state index in [9.17, 15) is 14.7 Å². The first-order valence-corrected chi connectivity index (χ1v) is 18.5. The summed E-state index contributed by atoms with van der Waals surface area (Å²) in [6.07, 6.45) is 3.60. The van der Waals surface area contributed by atoms with E-state index in [-0.39, 0.29) is 54.4 Å². The van der Waals surface area contributed by atoms with Crippen molar-refractivity contribution < 1.29 is 23.5 Å². The average Bonchev–Trinajstić information content (AvgIpc) is 3.31. The highest BCUT2D eigenvalue weighted by Gasteiger charge is 2.52. The first-order valence-electron chi connectivity index (χ1n) is 15.6. The van der Waals surface area contributed by atoms with Gasteiger partial charge in [0, 0.05) is 24.3 Å². The molecule has 9 heteroatoms. The average molecular weight is 596 g/mol. The zero-order valence-electron chi connectivity index (χ0n) is 25.2. The second-order valence-electron chi connectivity index (χ2n) is 13.0. The molecule has 228 valence electrons. The molecule has 0 bridgehead atoms. The summed E-state index contributed by atoms with van der Waals surface area (Å²) in [4.78, 5) is 27.9. The summed E-state index contributed by atoms with van der Waals surface area (Å²) in [5.41, 5.74) is 3.92. The Bertz CT molecular complexity index is 1230. The Morgan fingerprint density at radius 1 is 1.12 bits per heavy atom. The molecule has 1 unspecified atom stereocenters. The number of nitrogens with zero attached hydrogens (tertiary/aromatic N) is 1. The standard InChI is InChI=1S/C33H46FN3O4Si/c1-22-29(15-12-23-10-13-27(14-11-23)36-33(40)25-9-6-16-35-19-25)41-30(32(22)42(2,3)34)18-31(39)37-20-26-8-5-4-7-24(26)17-28(37)21-38/h4-5,7-8,10-11,13-14,22,25,28-30,32,35,38H,6,9,12,15-21H2,1-3H3,(H,36,40)/t22-,25?,28-,29+,30-,32+/m0/s1. The third-order valence-electron chi connectivity index (χ3n) is 9.56. The van der Waals surface area contributed by atoms with Crippen molar-refractivity contribution in [2.75, 3.05) is 25.0 Å². The van der Waals surface area contributed by atoms with Crippen LogP contribution in [0.4, 0.5) is 9.80 Å². The van der Waals surface area contributed by atoms with Crippen molar-refractivity contribution in [1.29, 1.82) is 0 Å². The highest BCUT2D eigenvalue weighted by Crippen LogP contribution is 2.47. The molecule has 3 aliphatic rings. The summed E-state index contributed by atoms with van der Waals surface area (Å²) in [6, 6.07) is 15.7. The van der Waals surface area contributed by atoms with E-state index >= 15 is 4.11 Å². The fourth-order valence-corrected chi connectivity index (χ4v) is 9.84. The summed E-state index contributed by atoms with van der Waals surface area (Å²) in [5.74, 6) is 0.00161. The maximum Gasteiger partial charge on any atom is 0.246 e. The van der Waals surface area contributed by atoms with E-state index in [2.05, 4.69) is 23.6 Å². The maximum atomic E-state index is 15.7. The normalized spacial score (nSPS) is 27.9. The van der Waals surface area contributed by atoms with Gasteiger partial charge in [0.15, 0.2) is 0 Å². The summed E-state index contributed by atoms with van der Waals surface area (Å²) in [6.45, 7) is 7.58. The van der Waals surface area contributed by atoms with Gasteiger partial charge in [0.1, 0.15) is 0 Å². The van der Waals surface area contributed by atoms with Gasteiger partial charge in [-0.05, 0) is 86.5 Å². The Hall–Kier alpha value is -2.59. The first-order chi connectivity index (χ1) is 20.1. The molecule has 5 rings (SSSR count). The van der Waals surface area contributed by atoms with Crippen molar-refractivity contribution in [1.82, 2.24) is 10.2 Å². The number of aliphatic hydroxyl groups is 1. The predicted octanol–water partition coefficient (Wildman–Crippen LogP) is 4.84. The van der Waals surface area contributed by atoms with E-state index in [4.69, 9.17) is 4.74 Å². The molecule has 2 amide bonds. The van der Waals surface area contributed by atoms with E-state index in [0.717, 1.165) is 55.6 Å². The lowest BCUT2D eigenvalue weighted by molar-refractivity contribution is -0.138. The third kappa shape index (κ3) is 7.13. The number of halogens is 1. The van der Waals surface area contributed by atoms with E-state index < -0.39 is 14.5 Å². The molecule has 3 heterocycles. The number of carbonyl (C=O) groups is 2. The lowest BCUT2D eigenvalue weighted by Crippen LogP contribution is -2.48. The highest BCUT2D eigenvalue weighted by molar-refractivity contribution is 6.72. The number of piperidine rings is 1. The van der Waals surface area contributed by atoms with E-state index in [0.29, 0.717) is 13.0 Å². The minimum Gasteiger partial charge on any atom is -0.394 e. The Morgan fingerprint density at radius 2 is 1.86 bits per heavy atom. The van der Waals surface area contributed by atoms with Crippen molar-refractivity contribution in [3.8, 4) is 0 Å². The molecule has 2 saturated heterocycles. The van der Waals surface area contributed by atoms with Crippen LogP contribution in [-0.4, -0.2) is 68.2 Å². The molecule has 0 spiro atoms. The predicted molar refractivity (Wildman–Crippen MR) is 165 cm³/mol. The summed E-state index contributed by atoms with van der Waals surface area (Å²) < 4.78 is 22.2. The molecule has 0 radical (unpaired) electrons. The molecule has 2 aromatic rings. The van der Waals surface area contributed by atoms with Crippen LogP contribution in [0.2, 0.25) is 18.6 Å². The Balaban J connectivity index is 1.19.